The van der Waals surface area contributed by atoms with Crippen molar-refractivity contribution in [1.82, 2.24) is 5.06 Å². The van der Waals surface area contributed by atoms with Crippen molar-refractivity contribution < 1.29 is 15.1 Å². The minimum absolute atomic E-state index is 0.233. The zero-order chi connectivity index (χ0) is 18.3. The summed E-state index contributed by atoms with van der Waals surface area (Å²) in [5.41, 5.74) is 0.479. The van der Waals surface area contributed by atoms with Crippen molar-refractivity contribution in [3.05, 3.63) is 35.4 Å². The van der Waals surface area contributed by atoms with Gasteiger partial charge in [0.05, 0.1) is 5.56 Å². The first-order valence-electron chi connectivity index (χ1n) is 8.69. The zero-order valence-electron chi connectivity index (χ0n) is 15.8. The molecule has 2 rings (SSSR count). The Labute approximate surface area is 145 Å². The number of carbonyl (C=O) groups is 1. The number of carboxylic acids is 1. The van der Waals surface area contributed by atoms with E-state index in [1.807, 2.05) is 12.1 Å². The average Bonchev–Trinajstić information content (AvgIpc) is 2.43. The summed E-state index contributed by atoms with van der Waals surface area (Å²) in [6.07, 6.45) is 2.69. The molecule has 0 radical (unpaired) electrons. The summed E-state index contributed by atoms with van der Waals surface area (Å²) in [4.78, 5) is 11.6. The Morgan fingerprint density at radius 1 is 1.17 bits per heavy atom. The van der Waals surface area contributed by atoms with Crippen molar-refractivity contribution in [3.63, 3.8) is 0 Å². The first-order chi connectivity index (χ1) is 10.9. The molecule has 1 saturated heterocycles. The van der Waals surface area contributed by atoms with Crippen LogP contribution in [0.4, 0.5) is 0 Å². The molecule has 0 unspecified atom stereocenters. The second-order valence-corrected chi connectivity index (χ2v) is 9.15. The number of piperidine rings is 1. The lowest BCUT2D eigenvalue weighted by Gasteiger charge is -2.52. The third-order valence-corrected chi connectivity index (χ3v) is 5.41. The van der Waals surface area contributed by atoms with E-state index in [0.29, 0.717) is 11.5 Å². The molecular formula is C20H31NO3. The van der Waals surface area contributed by atoms with Gasteiger partial charge in [-0.15, -0.1) is 0 Å². The van der Waals surface area contributed by atoms with Crippen LogP contribution in [0.5, 0.6) is 0 Å². The Balaban J connectivity index is 2.28. The normalized spacial score (nSPS) is 21.6. The predicted molar refractivity (Wildman–Crippen MR) is 95.6 cm³/mol. The highest BCUT2D eigenvalue weighted by Gasteiger charge is 2.46. The van der Waals surface area contributed by atoms with E-state index in [4.69, 9.17) is 0 Å². The van der Waals surface area contributed by atoms with E-state index in [1.54, 1.807) is 12.1 Å². The number of nitrogens with zero attached hydrogens (tertiary/aromatic N) is 1. The van der Waals surface area contributed by atoms with Crippen LogP contribution in [0, 0.1) is 5.92 Å². The van der Waals surface area contributed by atoms with Crippen LogP contribution < -0.4 is 0 Å². The van der Waals surface area contributed by atoms with Crippen LogP contribution >= 0.6 is 0 Å². The molecule has 0 bridgehead atoms. The number of carboxylic acid groups (broad SMARTS) is 1. The fourth-order valence-corrected chi connectivity index (χ4v) is 4.71. The van der Waals surface area contributed by atoms with E-state index in [0.717, 1.165) is 24.8 Å². The average molecular weight is 333 g/mol. The summed E-state index contributed by atoms with van der Waals surface area (Å²) < 4.78 is 0. The van der Waals surface area contributed by atoms with Crippen LogP contribution in [0.25, 0.3) is 0 Å². The molecule has 134 valence electrons. The standard InChI is InChI=1S/C20H31NO3/c1-18(2,16-10-8-7-9-15(16)17(22)23)11-14-12-19(3,4)21(24)20(5,6)13-14/h7-10,14,24H,11-13H2,1-6H3,(H,22,23). The van der Waals surface area contributed by atoms with Gasteiger partial charge in [-0.2, -0.15) is 5.06 Å². The van der Waals surface area contributed by atoms with Crippen molar-refractivity contribution >= 4 is 5.97 Å². The Hall–Kier alpha value is -1.39. The number of rotatable bonds is 4. The predicted octanol–water partition coefficient (Wildman–Crippen LogP) is 4.71. The molecule has 2 N–H and O–H groups in total. The van der Waals surface area contributed by atoms with E-state index in [-0.39, 0.29) is 16.5 Å². The SMILES string of the molecule is CC(C)(CC1CC(C)(C)N(O)C(C)(C)C1)c1ccccc1C(=O)O. The molecule has 0 aliphatic carbocycles. The van der Waals surface area contributed by atoms with Crippen LogP contribution in [0.3, 0.4) is 0 Å². The maximum Gasteiger partial charge on any atom is 0.335 e. The molecule has 1 aliphatic rings. The van der Waals surface area contributed by atoms with Crippen molar-refractivity contribution in [3.8, 4) is 0 Å². The number of hydrogen-bond acceptors (Lipinski definition) is 3. The summed E-state index contributed by atoms with van der Waals surface area (Å²) >= 11 is 0. The summed E-state index contributed by atoms with van der Waals surface area (Å²) in [5.74, 6) is -0.445. The van der Waals surface area contributed by atoms with Gasteiger partial charge in [0.25, 0.3) is 0 Å². The molecule has 1 fully saturated rings. The molecule has 0 aromatic heterocycles. The molecule has 1 aromatic carbocycles. The summed E-state index contributed by atoms with van der Waals surface area (Å²) in [7, 11) is 0. The largest absolute Gasteiger partial charge is 0.478 e. The summed E-state index contributed by atoms with van der Waals surface area (Å²) in [5, 5.41) is 21.5. The fraction of sp³-hybridized carbons (Fsp3) is 0.650. The van der Waals surface area contributed by atoms with E-state index in [9.17, 15) is 15.1 Å². The first-order valence-corrected chi connectivity index (χ1v) is 8.69. The number of benzene rings is 1. The third-order valence-electron chi connectivity index (χ3n) is 5.41. The van der Waals surface area contributed by atoms with Gasteiger partial charge in [-0.05, 0) is 69.9 Å². The number of hydroxylamine groups is 2. The van der Waals surface area contributed by atoms with Gasteiger partial charge in [-0.3, -0.25) is 0 Å². The summed E-state index contributed by atoms with van der Waals surface area (Å²) in [6, 6.07) is 7.30. The van der Waals surface area contributed by atoms with Gasteiger partial charge >= 0.3 is 5.97 Å². The third kappa shape index (κ3) is 3.65. The van der Waals surface area contributed by atoms with E-state index in [1.165, 1.54) is 5.06 Å². The fourth-order valence-electron chi connectivity index (χ4n) is 4.71. The first kappa shape index (κ1) is 18.9. The zero-order valence-corrected chi connectivity index (χ0v) is 15.8. The second-order valence-electron chi connectivity index (χ2n) is 9.15. The lowest BCUT2D eigenvalue weighted by molar-refractivity contribution is -0.252. The van der Waals surface area contributed by atoms with Gasteiger partial charge in [0.15, 0.2) is 0 Å². The number of hydrogen-bond donors (Lipinski definition) is 2. The van der Waals surface area contributed by atoms with Crippen molar-refractivity contribution in [2.24, 2.45) is 5.92 Å². The van der Waals surface area contributed by atoms with E-state index in [2.05, 4.69) is 41.5 Å². The highest BCUT2D eigenvalue weighted by molar-refractivity contribution is 5.89. The second kappa shape index (κ2) is 6.16. The van der Waals surface area contributed by atoms with Crippen molar-refractivity contribution in [2.75, 3.05) is 0 Å². The van der Waals surface area contributed by atoms with Gasteiger partial charge in [-0.1, -0.05) is 32.0 Å². The molecular weight excluding hydrogens is 302 g/mol. The van der Waals surface area contributed by atoms with E-state index < -0.39 is 5.97 Å². The maximum atomic E-state index is 11.6. The summed E-state index contributed by atoms with van der Waals surface area (Å²) in [6.45, 7) is 12.5. The van der Waals surface area contributed by atoms with Crippen LogP contribution in [0.1, 0.15) is 76.7 Å². The molecule has 1 aromatic rings. The smallest absolute Gasteiger partial charge is 0.335 e. The van der Waals surface area contributed by atoms with Gasteiger partial charge in [-0.25, -0.2) is 4.79 Å². The quantitative estimate of drug-likeness (QED) is 0.837. The molecule has 0 spiro atoms. The lowest BCUT2D eigenvalue weighted by Crippen LogP contribution is -2.59. The molecule has 0 amide bonds. The molecule has 24 heavy (non-hydrogen) atoms. The minimum atomic E-state index is -0.871. The van der Waals surface area contributed by atoms with Crippen LogP contribution in [0.15, 0.2) is 24.3 Å². The van der Waals surface area contributed by atoms with Gasteiger partial charge in [0.2, 0.25) is 0 Å². The minimum Gasteiger partial charge on any atom is -0.478 e. The lowest BCUT2D eigenvalue weighted by atomic mass is 9.67. The molecule has 0 saturated carbocycles. The monoisotopic (exact) mass is 333 g/mol. The highest BCUT2D eigenvalue weighted by atomic mass is 16.5. The molecule has 4 heteroatoms. The molecule has 0 atom stereocenters. The number of aromatic carboxylic acids is 1. The Bertz CT molecular complexity index is 601. The maximum absolute atomic E-state index is 11.6. The molecule has 4 nitrogen and oxygen atoms in total. The molecule has 1 aliphatic heterocycles. The molecule has 1 heterocycles. The van der Waals surface area contributed by atoms with Crippen LogP contribution in [0.2, 0.25) is 0 Å². The van der Waals surface area contributed by atoms with Crippen molar-refractivity contribution in [1.29, 1.82) is 0 Å². The Morgan fingerprint density at radius 2 is 1.67 bits per heavy atom. The van der Waals surface area contributed by atoms with E-state index >= 15 is 0 Å². The van der Waals surface area contributed by atoms with Crippen LogP contribution in [-0.2, 0) is 5.41 Å². The highest BCUT2D eigenvalue weighted by Crippen LogP contribution is 2.45. The van der Waals surface area contributed by atoms with Gasteiger partial charge in [0.1, 0.15) is 0 Å². The van der Waals surface area contributed by atoms with Gasteiger partial charge < -0.3 is 10.3 Å². The Morgan fingerprint density at radius 3 is 2.17 bits per heavy atom. The van der Waals surface area contributed by atoms with Crippen LogP contribution in [-0.4, -0.2) is 32.4 Å². The topological polar surface area (TPSA) is 60.8 Å². The Kier molecular flexibility index (Phi) is 4.86. The van der Waals surface area contributed by atoms with Crippen molar-refractivity contribution in [2.45, 2.75) is 77.3 Å². The van der Waals surface area contributed by atoms with Gasteiger partial charge in [0, 0.05) is 11.1 Å².